The Balaban J connectivity index is 2.08. The van der Waals surface area contributed by atoms with E-state index < -0.39 is 0 Å². The summed E-state index contributed by atoms with van der Waals surface area (Å²) in [6, 6.07) is 2.08. The van der Waals surface area contributed by atoms with Gasteiger partial charge in [-0.1, -0.05) is 0 Å². The average Bonchev–Trinajstić information content (AvgIpc) is 2.86. The van der Waals surface area contributed by atoms with Gasteiger partial charge in [-0.2, -0.15) is 11.8 Å². The topological polar surface area (TPSA) is 33.4 Å². The highest BCUT2D eigenvalue weighted by Gasteiger charge is 2.16. The van der Waals surface area contributed by atoms with Gasteiger partial charge in [0.2, 0.25) is 5.95 Å². The molecule has 0 atom stereocenters. The van der Waals surface area contributed by atoms with Crippen LogP contribution in [0.3, 0.4) is 0 Å². The standard InChI is InChI=1S/C11H14N4S2/c1-16-10-6-9-7-12-8-15(9)11(13-10)14-2-4-17-5-3-14/h6-8H,2-5H2,1H3. The molecule has 1 saturated heterocycles. The van der Waals surface area contributed by atoms with E-state index >= 15 is 0 Å². The molecule has 2 aromatic rings. The second kappa shape index (κ2) is 4.78. The molecule has 1 aliphatic heterocycles. The predicted molar refractivity (Wildman–Crippen MR) is 74.3 cm³/mol. The van der Waals surface area contributed by atoms with Crippen LogP contribution >= 0.6 is 23.5 Å². The summed E-state index contributed by atoms with van der Waals surface area (Å²) in [5.74, 6) is 3.40. The first kappa shape index (κ1) is 11.2. The number of imidazole rings is 1. The van der Waals surface area contributed by atoms with E-state index in [9.17, 15) is 0 Å². The van der Waals surface area contributed by atoms with Crippen LogP contribution in [-0.2, 0) is 0 Å². The molecule has 0 saturated carbocycles. The van der Waals surface area contributed by atoms with Crippen molar-refractivity contribution >= 4 is 35.0 Å². The van der Waals surface area contributed by atoms with E-state index in [0.717, 1.165) is 29.6 Å². The van der Waals surface area contributed by atoms with Crippen molar-refractivity contribution in [3.8, 4) is 0 Å². The lowest BCUT2D eigenvalue weighted by molar-refractivity contribution is 0.790. The smallest absolute Gasteiger partial charge is 0.212 e. The fourth-order valence-electron chi connectivity index (χ4n) is 1.98. The Kier molecular flexibility index (Phi) is 3.15. The molecule has 0 radical (unpaired) electrons. The molecule has 3 rings (SSSR count). The van der Waals surface area contributed by atoms with Crippen LogP contribution in [0.15, 0.2) is 23.6 Å². The van der Waals surface area contributed by atoms with Crippen molar-refractivity contribution < 1.29 is 0 Å². The minimum Gasteiger partial charge on any atom is -0.340 e. The summed E-state index contributed by atoms with van der Waals surface area (Å²) < 4.78 is 2.08. The van der Waals surface area contributed by atoms with Crippen LogP contribution < -0.4 is 4.90 Å². The molecule has 4 nitrogen and oxygen atoms in total. The van der Waals surface area contributed by atoms with Crippen LogP contribution in [0.5, 0.6) is 0 Å². The summed E-state index contributed by atoms with van der Waals surface area (Å²) in [4.78, 5) is 11.3. The Bertz CT molecular complexity index is 519. The maximum Gasteiger partial charge on any atom is 0.212 e. The summed E-state index contributed by atoms with van der Waals surface area (Å²) in [7, 11) is 0. The van der Waals surface area contributed by atoms with Crippen LogP contribution in [0.4, 0.5) is 5.95 Å². The van der Waals surface area contributed by atoms with Crippen molar-refractivity contribution in [2.75, 3.05) is 35.8 Å². The van der Waals surface area contributed by atoms with E-state index in [2.05, 4.69) is 26.6 Å². The van der Waals surface area contributed by atoms with Gasteiger partial charge in [0.15, 0.2) is 0 Å². The van der Waals surface area contributed by atoms with Gasteiger partial charge < -0.3 is 4.90 Å². The maximum atomic E-state index is 4.72. The van der Waals surface area contributed by atoms with Crippen LogP contribution in [0, 0.1) is 0 Å². The predicted octanol–water partition coefficient (Wildman–Crippen LogP) is 2.00. The summed E-state index contributed by atoms with van der Waals surface area (Å²) in [6.07, 6.45) is 5.80. The molecule has 1 aliphatic rings. The largest absolute Gasteiger partial charge is 0.340 e. The lowest BCUT2D eigenvalue weighted by atomic mass is 10.5. The van der Waals surface area contributed by atoms with Gasteiger partial charge in [0, 0.05) is 24.6 Å². The molecule has 0 amide bonds. The molecule has 0 N–H and O–H groups in total. The number of fused-ring (bicyclic) bond motifs is 1. The minimum atomic E-state index is 1.03. The third-order valence-corrected chi connectivity index (χ3v) is 4.44. The van der Waals surface area contributed by atoms with Crippen LogP contribution in [0.2, 0.25) is 0 Å². The molecular formula is C11H14N4S2. The van der Waals surface area contributed by atoms with Gasteiger partial charge in [-0.05, 0) is 12.3 Å². The third kappa shape index (κ3) is 2.11. The van der Waals surface area contributed by atoms with Crippen LogP contribution in [0.1, 0.15) is 0 Å². The molecule has 3 heterocycles. The average molecular weight is 266 g/mol. The summed E-state index contributed by atoms with van der Waals surface area (Å²) in [5, 5.41) is 1.06. The molecule has 1 fully saturated rings. The zero-order chi connectivity index (χ0) is 11.7. The Labute approximate surface area is 109 Å². The number of aromatic nitrogens is 3. The second-order valence-corrected chi connectivity index (χ2v) is 5.94. The lowest BCUT2D eigenvalue weighted by Gasteiger charge is -2.28. The molecule has 6 heteroatoms. The van der Waals surface area contributed by atoms with E-state index in [4.69, 9.17) is 4.98 Å². The van der Waals surface area contributed by atoms with Crippen molar-refractivity contribution in [1.29, 1.82) is 0 Å². The minimum absolute atomic E-state index is 1.03. The summed E-state index contributed by atoms with van der Waals surface area (Å²) >= 11 is 3.69. The highest BCUT2D eigenvalue weighted by atomic mass is 32.2. The Morgan fingerprint density at radius 3 is 2.94 bits per heavy atom. The Morgan fingerprint density at radius 2 is 2.18 bits per heavy atom. The molecule has 90 valence electrons. The molecule has 0 unspecified atom stereocenters. The SMILES string of the molecule is CSc1cc2cncn2c(N2CCSCC2)n1. The van der Waals surface area contributed by atoms with E-state index in [1.165, 1.54) is 11.5 Å². The van der Waals surface area contributed by atoms with Crippen molar-refractivity contribution in [3.05, 3.63) is 18.6 Å². The van der Waals surface area contributed by atoms with Gasteiger partial charge in [-0.25, -0.2) is 9.97 Å². The van der Waals surface area contributed by atoms with E-state index in [0.29, 0.717) is 0 Å². The van der Waals surface area contributed by atoms with Crippen molar-refractivity contribution in [2.24, 2.45) is 0 Å². The fourth-order valence-corrected chi connectivity index (χ4v) is 3.30. The molecule has 0 aromatic carbocycles. The van der Waals surface area contributed by atoms with Gasteiger partial charge in [-0.15, -0.1) is 11.8 Å². The molecule has 0 bridgehead atoms. The monoisotopic (exact) mass is 266 g/mol. The van der Waals surface area contributed by atoms with Gasteiger partial charge >= 0.3 is 0 Å². The van der Waals surface area contributed by atoms with Gasteiger partial charge in [0.1, 0.15) is 11.4 Å². The lowest BCUT2D eigenvalue weighted by Crippen LogP contribution is -2.34. The molecule has 0 spiro atoms. The number of rotatable bonds is 2. The molecule has 17 heavy (non-hydrogen) atoms. The van der Waals surface area contributed by atoms with E-state index in [1.54, 1.807) is 11.8 Å². The number of nitrogens with zero attached hydrogens (tertiary/aromatic N) is 4. The highest BCUT2D eigenvalue weighted by Crippen LogP contribution is 2.23. The van der Waals surface area contributed by atoms with E-state index in [1.807, 2.05) is 24.3 Å². The molecule has 0 aliphatic carbocycles. The molecule has 2 aromatic heterocycles. The van der Waals surface area contributed by atoms with Crippen molar-refractivity contribution in [1.82, 2.24) is 14.4 Å². The quantitative estimate of drug-likeness (QED) is 0.613. The Hall–Kier alpha value is -0.880. The first-order valence-corrected chi connectivity index (χ1v) is 7.96. The third-order valence-electron chi connectivity index (χ3n) is 2.87. The van der Waals surface area contributed by atoms with Crippen molar-refractivity contribution in [2.45, 2.75) is 5.03 Å². The summed E-state index contributed by atoms with van der Waals surface area (Å²) in [6.45, 7) is 2.14. The first-order valence-electron chi connectivity index (χ1n) is 5.58. The fraction of sp³-hybridized carbons (Fsp3) is 0.455. The van der Waals surface area contributed by atoms with Gasteiger partial charge in [-0.3, -0.25) is 4.40 Å². The zero-order valence-corrected chi connectivity index (χ0v) is 11.3. The highest BCUT2D eigenvalue weighted by molar-refractivity contribution is 7.99. The first-order chi connectivity index (χ1) is 8.38. The second-order valence-electron chi connectivity index (χ2n) is 3.89. The van der Waals surface area contributed by atoms with E-state index in [-0.39, 0.29) is 0 Å². The van der Waals surface area contributed by atoms with Gasteiger partial charge in [0.05, 0.1) is 11.7 Å². The number of hydrogen-bond donors (Lipinski definition) is 0. The number of anilines is 1. The van der Waals surface area contributed by atoms with Crippen molar-refractivity contribution in [3.63, 3.8) is 0 Å². The summed E-state index contributed by atoms with van der Waals surface area (Å²) in [5.41, 5.74) is 1.12. The number of thioether (sulfide) groups is 2. The maximum absolute atomic E-state index is 4.72. The number of hydrogen-bond acceptors (Lipinski definition) is 5. The normalized spacial score (nSPS) is 16.6. The van der Waals surface area contributed by atoms with Crippen LogP contribution in [-0.4, -0.2) is 45.2 Å². The zero-order valence-electron chi connectivity index (χ0n) is 9.67. The van der Waals surface area contributed by atoms with Crippen LogP contribution in [0.25, 0.3) is 5.52 Å². The Morgan fingerprint density at radius 1 is 1.35 bits per heavy atom. The molecular weight excluding hydrogens is 252 g/mol. The van der Waals surface area contributed by atoms with Gasteiger partial charge in [0.25, 0.3) is 0 Å².